The van der Waals surface area contributed by atoms with Gasteiger partial charge in [-0.25, -0.2) is 0 Å². The van der Waals surface area contributed by atoms with Crippen LogP contribution < -0.4 is 4.74 Å². The van der Waals surface area contributed by atoms with Gasteiger partial charge in [0.1, 0.15) is 12.4 Å². The van der Waals surface area contributed by atoms with E-state index in [2.05, 4.69) is 20.9 Å². The SMILES string of the molecule is Clc1cnccc1COc1cc(Br)ccc1Cl. The average Bonchev–Trinajstić information content (AvgIpc) is 2.32. The molecule has 1 aromatic heterocycles. The highest BCUT2D eigenvalue weighted by molar-refractivity contribution is 9.10. The Hall–Kier alpha value is -0.770. The molecule has 0 spiro atoms. The lowest BCUT2D eigenvalue weighted by molar-refractivity contribution is 0.306. The number of ether oxygens (including phenoxy) is 1. The number of hydrogen-bond acceptors (Lipinski definition) is 2. The zero-order valence-corrected chi connectivity index (χ0v) is 11.8. The molecule has 1 heterocycles. The second-order valence-corrected chi connectivity index (χ2v) is 5.06. The summed E-state index contributed by atoms with van der Waals surface area (Å²) >= 11 is 15.4. The van der Waals surface area contributed by atoms with Gasteiger partial charge in [0.25, 0.3) is 0 Å². The van der Waals surface area contributed by atoms with Gasteiger partial charge in [0, 0.05) is 22.4 Å². The van der Waals surface area contributed by atoms with Crippen molar-refractivity contribution in [1.29, 1.82) is 0 Å². The van der Waals surface area contributed by atoms with Gasteiger partial charge in [0.15, 0.2) is 0 Å². The summed E-state index contributed by atoms with van der Waals surface area (Å²) in [5.41, 5.74) is 0.873. The molecule has 0 bridgehead atoms. The topological polar surface area (TPSA) is 22.1 Å². The Labute approximate surface area is 118 Å². The van der Waals surface area contributed by atoms with Gasteiger partial charge in [-0.05, 0) is 24.3 Å². The van der Waals surface area contributed by atoms with Crippen LogP contribution in [0.4, 0.5) is 0 Å². The van der Waals surface area contributed by atoms with Crippen molar-refractivity contribution in [2.24, 2.45) is 0 Å². The Balaban J connectivity index is 2.12. The first-order chi connectivity index (χ1) is 8.16. The van der Waals surface area contributed by atoms with Crippen LogP contribution in [0.5, 0.6) is 5.75 Å². The summed E-state index contributed by atoms with van der Waals surface area (Å²) in [6.45, 7) is 0.359. The first kappa shape index (κ1) is 12.7. The van der Waals surface area contributed by atoms with Crippen LogP contribution in [-0.2, 0) is 6.61 Å². The maximum Gasteiger partial charge on any atom is 0.139 e. The lowest BCUT2D eigenvalue weighted by atomic mass is 10.3. The van der Waals surface area contributed by atoms with Crippen LogP contribution in [0.15, 0.2) is 41.1 Å². The molecule has 0 aliphatic carbocycles. The number of rotatable bonds is 3. The smallest absolute Gasteiger partial charge is 0.139 e. The van der Waals surface area contributed by atoms with Crippen molar-refractivity contribution in [3.8, 4) is 5.75 Å². The van der Waals surface area contributed by atoms with Crippen LogP contribution in [0.2, 0.25) is 10.0 Å². The number of nitrogens with zero attached hydrogens (tertiary/aromatic N) is 1. The molecule has 0 amide bonds. The molecule has 0 saturated carbocycles. The van der Waals surface area contributed by atoms with E-state index in [1.165, 1.54) is 0 Å². The van der Waals surface area contributed by atoms with Gasteiger partial charge < -0.3 is 4.74 Å². The van der Waals surface area contributed by atoms with Gasteiger partial charge in [-0.3, -0.25) is 4.98 Å². The summed E-state index contributed by atoms with van der Waals surface area (Å²) in [6.07, 6.45) is 3.26. The number of halogens is 3. The zero-order chi connectivity index (χ0) is 12.3. The molecule has 2 aromatic rings. The van der Waals surface area contributed by atoms with Crippen molar-refractivity contribution in [2.75, 3.05) is 0 Å². The summed E-state index contributed by atoms with van der Waals surface area (Å²) in [6, 6.07) is 7.26. The Bertz CT molecular complexity index is 534. The van der Waals surface area contributed by atoms with E-state index in [0.29, 0.717) is 22.4 Å². The van der Waals surface area contributed by atoms with E-state index in [9.17, 15) is 0 Å². The molecule has 0 saturated heterocycles. The molecule has 5 heteroatoms. The normalized spacial score (nSPS) is 10.3. The summed E-state index contributed by atoms with van der Waals surface area (Å²) in [5.74, 6) is 0.619. The molecule has 2 rings (SSSR count). The van der Waals surface area contributed by atoms with E-state index >= 15 is 0 Å². The van der Waals surface area contributed by atoms with Crippen LogP contribution in [-0.4, -0.2) is 4.98 Å². The summed E-state index contributed by atoms with van der Waals surface area (Å²) in [4.78, 5) is 3.91. The van der Waals surface area contributed by atoms with Gasteiger partial charge in [-0.1, -0.05) is 39.1 Å². The van der Waals surface area contributed by atoms with Crippen LogP contribution in [0.3, 0.4) is 0 Å². The average molecular weight is 333 g/mol. The van der Waals surface area contributed by atoms with E-state index in [0.717, 1.165) is 10.0 Å². The summed E-state index contributed by atoms with van der Waals surface area (Å²) < 4.78 is 6.52. The molecule has 0 radical (unpaired) electrons. The van der Waals surface area contributed by atoms with Crippen LogP contribution in [0, 0.1) is 0 Å². The first-order valence-electron chi connectivity index (χ1n) is 4.83. The molecular weight excluding hydrogens is 325 g/mol. The van der Waals surface area contributed by atoms with Crippen molar-refractivity contribution < 1.29 is 4.74 Å². The fraction of sp³-hybridized carbons (Fsp3) is 0.0833. The van der Waals surface area contributed by atoms with Gasteiger partial charge in [-0.2, -0.15) is 0 Å². The maximum atomic E-state index is 6.01. The number of pyridine rings is 1. The molecule has 0 atom stereocenters. The molecule has 0 aliphatic rings. The molecule has 17 heavy (non-hydrogen) atoms. The van der Waals surface area contributed by atoms with Gasteiger partial charge in [-0.15, -0.1) is 0 Å². The monoisotopic (exact) mass is 331 g/mol. The van der Waals surface area contributed by atoms with Crippen molar-refractivity contribution in [3.63, 3.8) is 0 Å². The Morgan fingerprint density at radius 2 is 2.00 bits per heavy atom. The summed E-state index contributed by atoms with van der Waals surface area (Å²) in [5, 5.41) is 1.15. The maximum absolute atomic E-state index is 6.01. The lowest BCUT2D eigenvalue weighted by Gasteiger charge is -2.09. The second kappa shape index (κ2) is 5.71. The highest BCUT2D eigenvalue weighted by Gasteiger charge is 2.05. The predicted molar refractivity (Wildman–Crippen MR) is 72.7 cm³/mol. The lowest BCUT2D eigenvalue weighted by Crippen LogP contribution is -1.97. The quantitative estimate of drug-likeness (QED) is 0.810. The third-order valence-electron chi connectivity index (χ3n) is 2.13. The molecule has 0 N–H and O–H groups in total. The molecule has 1 aromatic carbocycles. The standard InChI is InChI=1S/C12H8BrCl2NO/c13-9-1-2-10(14)12(5-9)17-7-8-3-4-16-6-11(8)15/h1-6H,7H2. The minimum Gasteiger partial charge on any atom is -0.487 e. The van der Waals surface area contributed by atoms with Gasteiger partial charge >= 0.3 is 0 Å². The Morgan fingerprint density at radius 1 is 1.18 bits per heavy atom. The van der Waals surface area contributed by atoms with Crippen LogP contribution in [0.1, 0.15) is 5.56 Å². The number of aromatic nitrogens is 1. The van der Waals surface area contributed by atoms with Crippen LogP contribution in [0.25, 0.3) is 0 Å². The van der Waals surface area contributed by atoms with E-state index in [1.807, 2.05) is 18.2 Å². The Kier molecular flexibility index (Phi) is 4.26. The van der Waals surface area contributed by atoms with Gasteiger partial charge in [0.05, 0.1) is 10.0 Å². The van der Waals surface area contributed by atoms with E-state index in [4.69, 9.17) is 27.9 Å². The highest BCUT2D eigenvalue weighted by Crippen LogP contribution is 2.29. The predicted octanol–water partition coefficient (Wildman–Crippen LogP) is 4.73. The molecule has 0 fully saturated rings. The minimum atomic E-state index is 0.359. The highest BCUT2D eigenvalue weighted by atomic mass is 79.9. The largest absolute Gasteiger partial charge is 0.487 e. The van der Waals surface area contributed by atoms with E-state index in [-0.39, 0.29) is 0 Å². The molecular formula is C12H8BrCl2NO. The zero-order valence-electron chi connectivity index (χ0n) is 8.66. The van der Waals surface area contributed by atoms with E-state index < -0.39 is 0 Å². The van der Waals surface area contributed by atoms with Gasteiger partial charge in [0.2, 0.25) is 0 Å². The molecule has 0 aliphatic heterocycles. The van der Waals surface area contributed by atoms with Crippen molar-refractivity contribution in [2.45, 2.75) is 6.61 Å². The van der Waals surface area contributed by atoms with Crippen LogP contribution >= 0.6 is 39.1 Å². The number of benzene rings is 1. The van der Waals surface area contributed by atoms with Crippen molar-refractivity contribution in [1.82, 2.24) is 4.98 Å². The molecule has 0 unspecified atom stereocenters. The van der Waals surface area contributed by atoms with Crippen molar-refractivity contribution in [3.05, 3.63) is 56.7 Å². The van der Waals surface area contributed by atoms with Crippen molar-refractivity contribution >= 4 is 39.1 Å². The Morgan fingerprint density at radius 3 is 2.76 bits per heavy atom. The molecule has 2 nitrogen and oxygen atoms in total. The summed E-state index contributed by atoms with van der Waals surface area (Å²) in [7, 11) is 0. The molecule has 88 valence electrons. The third kappa shape index (κ3) is 3.35. The fourth-order valence-electron chi connectivity index (χ4n) is 1.26. The third-order valence-corrected chi connectivity index (χ3v) is 3.28. The van der Waals surface area contributed by atoms with E-state index in [1.54, 1.807) is 18.5 Å². The first-order valence-corrected chi connectivity index (χ1v) is 6.38. The minimum absolute atomic E-state index is 0.359. The fourth-order valence-corrected chi connectivity index (χ4v) is 1.95. The number of hydrogen-bond donors (Lipinski definition) is 0. The second-order valence-electron chi connectivity index (χ2n) is 3.33.